The van der Waals surface area contributed by atoms with Gasteiger partial charge in [-0.3, -0.25) is 0 Å². The summed E-state index contributed by atoms with van der Waals surface area (Å²) >= 11 is 0. The quantitative estimate of drug-likeness (QED) is 0.441. The van der Waals surface area contributed by atoms with Crippen molar-refractivity contribution >= 4 is 0 Å². The highest BCUT2D eigenvalue weighted by Crippen LogP contribution is 2.08. The molecule has 0 spiro atoms. The Kier molecular flexibility index (Phi) is 1.93. The Balaban J connectivity index is 2.17. The maximum Gasteiger partial charge on any atom is 0.0355 e. The zero-order valence-electron chi connectivity index (χ0n) is 4.93. The predicted molar refractivity (Wildman–Crippen MR) is 33.5 cm³/mol. The molecule has 0 aromatic rings. The summed E-state index contributed by atoms with van der Waals surface area (Å²) in [4.78, 5) is 0. The lowest BCUT2D eigenvalue weighted by atomic mass is 10.2. The average Bonchev–Trinajstić information content (AvgIpc) is 2.19. The Labute approximate surface area is 50.5 Å². The van der Waals surface area contributed by atoms with E-state index in [2.05, 4.69) is 11.2 Å². The van der Waals surface area contributed by atoms with Gasteiger partial charge in [0.15, 0.2) is 0 Å². The molecule has 0 N–H and O–H groups in total. The fourth-order valence-electron chi connectivity index (χ4n) is 0.995. The van der Waals surface area contributed by atoms with Crippen LogP contribution < -0.4 is 5.32 Å². The van der Waals surface area contributed by atoms with E-state index in [0.29, 0.717) is 6.04 Å². The van der Waals surface area contributed by atoms with E-state index < -0.39 is 0 Å². The van der Waals surface area contributed by atoms with Gasteiger partial charge in [0.05, 0.1) is 0 Å². The van der Waals surface area contributed by atoms with Crippen molar-refractivity contribution in [3.63, 3.8) is 0 Å². The zero-order valence-corrected chi connectivity index (χ0v) is 4.93. The smallest absolute Gasteiger partial charge is 0.0355 e. The second-order valence-corrected chi connectivity index (χ2v) is 2.11. The molecule has 0 aromatic heterocycles. The van der Waals surface area contributed by atoms with Crippen molar-refractivity contribution in [1.29, 1.82) is 0 Å². The van der Waals surface area contributed by atoms with Crippen molar-refractivity contribution in [3.05, 3.63) is 0 Å². The van der Waals surface area contributed by atoms with Crippen LogP contribution in [0.25, 0.3) is 0 Å². The van der Waals surface area contributed by atoms with E-state index in [1.165, 1.54) is 12.8 Å². The lowest BCUT2D eigenvalue weighted by molar-refractivity contribution is 0.612. The highest BCUT2D eigenvalue weighted by atomic mass is 14.9. The standard InChI is InChI=1S/C7H10N/c1-2-4-7-5-3-6-8-7/h1,7H,3-6H2. The van der Waals surface area contributed by atoms with E-state index >= 15 is 0 Å². The van der Waals surface area contributed by atoms with Crippen molar-refractivity contribution in [2.75, 3.05) is 6.54 Å². The molecule has 8 heavy (non-hydrogen) atoms. The van der Waals surface area contributed by atoms with Crippen molar-refractivity contribution in [1.82, 2.24) is 5.32 Å². The minimum absolute atomic E-state index is 0.500. The number of hydrogen-bond donors (Lipinski definition) is 0. The summed E-state index contributed by atoms with van der Waals surface area (Å²) in [5.74, 6) is 2.62. The van der Waals surface area contributed by atoms with Crippen LogP contribution in [0.15, 0.2) is 0 Å². The summed E-state index contributed by atoms with van der Waals surface area (Å²) < 4.78 is 0. The van der Waals surface area contributed by atoms with Crippen molar-refractivity contribution in [2.45, 2.75) is 25.3 Å². The molecule has 1 aliphatic heterocycles. The molecule has 1 atom stereocenters. The van der Waals surface area contributed by atoms with Crippen molar-refractivity contribution in [2.24, 2.45) is 0 Å². The van der Waals surface area contributed by atoms with Gasteiger partial charge in [0.1, 0.15) is 0 Å². The zero-order chi connectivity index (χ0) is 5.82. The van der Waals surface area contributed by atoms with Crippen LogP contribution in [0.2, 0.25) is 0 Å². The molecule has 1 radical (unpaired) electrons. The first-order chi connectivity index (χ1) is 3.93. The van der Waals surface area contributed by atoms with E-state index in [9.17, 15) is 0 Å². The predicted octanol–water partition coefficient (Wildman–Crippen LogP) is 0.776. The molecule has 43 valence electrons. The van der Waals surface area contributed by atoms with E-state index in [-0.39, 0.29) is 0 Å². The topological polar surface area (TPSA) is 14.1 Å². The van der Waals surface area contributed by atoms with Crippen molar-refractivity contribution in [3.8, 4) is 12.3 Å². The van der Waals surface area contributed by atoms with Crippen LogP contribution in [0.5, 0.6) is 0 Å². The molecule has 1 rings (SSSR count). The van der Waals surface area contributed by atoms with Crippen LogP contribution in [0, 0.1) is 12.3 Å². The molecule has 1 fully saturated rings. The summed E-state index contributed by atoms with van der Waals surface area (Å²) in [7, 11) is 0. The Morgan fingerprint density at radius 3 is 3.12 bits per heavy atom. The van der Waals surface area contributed by atoms with Crippen LogP contribution in [-0.2, 0) is 0 Å². The van der Waals surface area contributed by atoms with E-state index in [1.807, 2.05) is 0 Å². The third-order valence-electron chi connectivity index (χ3n) is 1.44. The summed E-state index contributed by atoms with van der Waals surface area (Å²) in [6.07, 6.45) is 8.40. The number of nitrogens with zero attached hydrogens (tertiary/aromatic N) is 1. The maximum absolute atomic E-state index is 5.10. The molecule has 0 amide bonds. The lowest BCUT2D eigenvalue weighted by Gasteiger charge is -1.99. The minimum atomic E-state index is 0.500. The summed E-state index contributed by atoms with van der Waals surface area (Å²) in [5.41, 5.74) is 0. The monoisotopic (exact) mass is 108 g/mol. The largest absolute Gasteiger partial charge is 0.237 e. The highest BCUT2D eigenvalue weighted by Gasteiger charge is 2.12. The third-order valence-corrected chi connectivity index (χ3v) is 1.44. The molecule has 0 saturated carbocycles. The number of rotatable bonds is 1. The Hall–Kier alpha value is -0.480. The van der Waals surface area contributed by atoms with Gasteiger partial charge in [0.25, 0.3) is 0 Å². The minimum Gasteiger partial charge on any atom is -0.237 e. The Bertz CT molecular complexity index is 95.4. The summed E-state index contributed by atoms with van der Waals surface area (Å²) in [6, 6.07) is 0.500. The second kappa shape index (κ2) is 2.74. The third kappa shape index (κ3) is 1.24. The van der Waals surface area contributed by atoms with Crippen LogP contribution in [-0.4, -0.2) is 12.6 Å². The van der Waals surface area contributed by atoms with E-state index in [0.717, 1.165) is 13.0 Å². The lowest BCUT2D eigenvalue weighted by Crippen LogP contribution is -2.12. The first-order valence-electron chi connectivity index (χ1n) is 3.03. The molecule has 0 aromatic carbocycles. The van der Waals surface area contributed by atoms with Crippen molar-refractivity contribution < 1.29 is 0 Å². The highest BCUT2D eigenvalue weighted by molar-refractivity contribution is 4.91. The second-order valence-electron chi connectivity index (χ2n) is 2.11. The maximum atomic E-state index is 5.10. The molecule has 1 heterocycles. The SMILES string of the molecule is C#CCC1CCC[N]1. The molecule has 1 unspecified atom stereocenters. The fourth-order valence-corrected chi connectivity index (χ4v) is 0.995. The fraction of sp³-hybridized carbons (Fsp3) is 0.714. The van der Waals surface area contributed by atoms with Crippen LogP contribution >= 0.6 is 0 Å². The molecule has 1 heteroatoms. The average molecular weight is 108 g/mol. The first-order valence-corrected chi connectivity index (χ1v) is 3.03. The first kappa shape index (κ1) is 5.65. The van der Waals surface area contributed by atoms with Gasteiger partial charge in [-0.15, -0.1) is 12.3 Å². The van der Waals surface area contributed by atoms with E-state index in [4.69, 9.17) is 6.42 Å². The van der Waals surface area contributed by atoms with Gasteiger partial charge in [-0.1, -0.05) is 0 Å². The number of terminal acetylenes is 1. The summed E-state index contributed by atoms with van der Waals surface area (Å²) in [6.45, 7) is 1.03. The van der Waals surface area contributed by atoms with Gasteiger partial charge in [-0.25, -0.2) is 5.32 Å². The molecule has 0 bridgehead atoms. The van der Waals surface area contributed by atoms with Gasteiger partial charge < -0.3 is 0 Å². The van der Waals surface area contributed by atoms with Gasteiger partial charge in [-0.05, 0) is 12.8 Å². The molecule has 1 saturated heterocycles. The molecule has 0 aliphatic carbocycles. The molecular formula is C7H10N. The van der Waals surface area contributed by atoms with Gasteiger partial charge in [0, 0.05) is 19.0 Å². The normalized spacial score (nSPS) is 27.6. The van der Waals surface area contributed by atoms with Gasteiger partial charge in [0.2, 0.25) is 0 Å². The Morgan fingerprint density at radius 2 is 2.62 bits per heavy atom. The van der Waals surface area contributed by atoms with Crippen LogP contribution in [0.1, 0.15) is 19.3 Å². The van der Waals surface area contributed by atoms with E-state index in [1.54, 1.807) is 0 Å². The molecular weight excluding hydrogens is 98.1 g/mol. The van der Waals surface area contributed by atoms with Gasteiger partial charge in [-0.2, -0.15) is 0 Å². The van der Waals surface area contributed by atoms with Crippen LogP contribution in [0.4, 0.5) is 0 Å². The Morgan fingerprint density at radius 1 is 1.75 bits per heavy atom. The molecule has 1 nitrogen and oxygen atoms in total. The van der Waals surface area contributed by atoms with Gasteiger partial charge >= 0.3 is 0 Å². The molecule has 1 aliphatic rings. The van der Waals surface area contributed by atoms with Crippen LogP contribution in [0.3, 0.4) is 0 Å². The number of hydrogen-bond acceptors (Lipinski definition) is 0. The summed E-state index contributed by atoms with van der Waals surface area (Å²) in [5, 5.41) is 4.28.